The van der Waals surface area contributed by atoms with Crippen LogP contribution in [0.5, 0.6) is 0 Å². The highest BCUT2D eigenvalue weighted by molar-refractivity contribution is 5.91. The highest BCUT2D eigenvalue weighted by Crippen LogP contribution is 2.20. The molecule has 0 aliphatic carbocycles. The van der Waals surface area contributed by atoms with Gasteiger partial charge in [0.2, 0.25) is 12.3 Å². The molecule has 1 aliphatic heterocycles. The number of nitrogens with one attached hydrogen (secondary N) is 1. The van der Waals surface area contributed by atoms with Crippen molar-refractivity contribution in [3.8, 4) is 0 Å². The van der Waals surface area contributed by atoms with Crippen LogP contribution in [-0.4, -0.2) is 52.5 Å². The number of unbranched alkanes of at least 4 members (excludes halogenated alkanes) is 2. The molecule has 1 saturated heterocycles. The van der Waals surface area contributed by atoms with E-state index in [0.29, 0.717) is 34.9 Å². The van der Waals surface area contributed by atoms with Gasteiger partial charge >= 0.3 is 0 Å². The summed E-state index contributed by atoms with van der Waals surface area (Å²) in [4.78, 5) is 36.5. The number of carbonyl (C=O) groups is 3. The Labute approximate surface area is 164 Å². The number of ketones is 1. The smallest absolute Gasteiger partial charge is 0.242 e. The minimum atomic E-state index is -0.676. The molecule has 2 amide bonds. The van der Waals surface area contributed by atoms with Crippen molar-refractivity contribution in [2.75, 3.05) is 13.1 Å². The molecule has 0 spiro atoms. The van der Waals surface area contributed by atoms with Crippen LogP contribution in [0.15, 0.2) is 24.4 Å². The second-order valence-electron chi connectivity index (χ2n) is 7.00. The fourth-order valence-corrected chi connectivity index (χ4v) is 3.39. The molecule has 0 bridgehead atoms. The number of aromatic nitrogens is 1. The Bertz CT molecular complexity index is 684. The van der Waals surface area contributed by atoms with Crippen molar-refractivity contribution in [3.63, 3.8) is 0 Å². The summed E-state index contributed by atoms with van der Waals surface area (Å²) in [5.41, 5.74) is 3.27. The van der Waals surface area contributed by atoms with Gasteiger partial charge in [0.05, 0.1) is 18.9 Å². The van der Waals surface area contributed by atoms with E-state index in [-0.39, 0.29) is 31.1 Å². The second kappa shape index (κ2) is 10.7. The first-order valence-corrected chi connectivity index (χ1v) is 9.65. The molecule has 2 N–H and O–H groups in total. The molecule has 154 valence electrons. The molecule has 0 unspecified atom stereocenters. The Hall–Kier alpha value is -2.52. The fraction of sp³-hybridized carbons (Fsp3) is 0.579. The number of hydrogen-bond donors (Lipinski definition) is 2. The molecule has 2 heterocycles. The molecular weight excluding hydrogens is 364 g/mol. The lowest BCUT2D eigenvalue weighted by atomic mass is 9.98. The first kappa shape index (κ1) is 21.8. The van der Waals surface area contributed by atoms with E-state index in [1.807, 2.05) is 6.92 Å². The molecule has 9 nitrogen and oxygen atoms in total. The summed E-state index contributed by atoms with van der Waals surface area (Å²) in [6.45, 7) is 2.39. The van der Waals surface area contributed by atoms with E-state index in [4.69, 9.17) is 0 Å². The van der Waals surface area contributed by atoms with Gasteiger partial charge < -0.3 is 5.21 Å². The third-order valence-corrected chi connectivity index (χ3v) is 4.91. The average molecular weight is 392 g/mol. The monoisotopic (exact) mass is 392 g/mol. The van der Waals surface area contributed by atoms with Gasteiger partial charge in [-0.3, -0.25) is 24.6 Å². The Morgan fingerprint density at radius 3 is 2.93 bits per heavy atom. The molecule has 28 heavy (non-hydrogen) atoms. The number of hydrazine groups is 1. The van der Waals surface area contributed by atoms with Crippen molar-refractivity contribution in [2.45, 2.75) is 51.5 Å². The number of nitrogens with zero attached hydrogens (tertiary/aromatic N) is 3. The number of rotatable bonds is 11. The quantitative estimate of drug-likeness (QED) is 0.142. The Kier molecular flexibility index (Phi) is 8.34. The van der Waals surface area contributed by atoms with E-state index < -0.39 is 12.0 Å². The first-order valence-electron chi connectivity index (χ1n) is 9.65. The highest BCUT2D eigenvalue weighted by Gasteiger charge is 2.38. The zero-order chi connectivity index (χ0) is 20.5. The second-order valence-corrected chi connectivity index (χ2v) is 7.00. The molecular formula is C19H28N4O5. The fourth-order valence-electron chi connectivity index (χ4n) is 3.39. The lowest BCUT2D eigenvalue weighted by molar-refractivity contribution is -0.613. The predicted octanol–water partition coefficient (Wildman–Crippen LogP) is 0.581. The van der Waals surface area contributed by atoms with Gasteiger partial charge in [-0.05, 0) is 18.9 Å². The number of carbonyl (C=O) groups excluding carboxylic acids is 3. The van der Waals surface area contributed by atoms with Crippen molar-refractivity contribution in [3.05, 3.63) is 35.3 Å². The number of hydroxylamine groups is 2. The summed E-state index contributed by atoms with van der Waals surface area (Å²) in [7, 11) is 0. The van der Waals surface area contributed by atoms with Crippen LogP contribution >= 0.6 is 0 Å². The maximum absolute atomic E-state index is 13.0. The van der Waals surface area contributed by atoms with Crippen LogP contribution in [0.2, 0.25) is 0 Å². The molecule has 9 heteroatoms. The number of amides is 2. The van der Waals surface area contributed by atoms with Gasteiger partial charge in [-0.1, -0.05) is 26.2 Å². The van der Waals surface area contributed by atoms with Crippen molar-refractivity contribution in [2.24, 2.45) is 5.92 Å². The summed E-state index contributed by atoms with van der Waals surface area (Å²) >= 11 is 0. The van der Waals surface area contributed by atoms with Gasteiger partial charge in [-0.25, -0.2) is 10.5 Å². The lowest BCUT2D eigenvalue weighted by Gasteiger charge is -2.28. The molecule has 1 aromatic heterocycles. The van der Waals surface area contributed by atoms with Crippen LogP contribution in [0.3, 0.4) is 0 Å². The van der Waals surface area contributed by atoms with E-state index in [0.717, 1.165) is 19.3 Å². The van der Waals surface area contributed by atoms with Crippen molar-refractivity contribution < 1.29 is 24.3 Å². The zero-order valence-corrected chi connectivity index (χ0v) is 16.1. The summed E-state index contributed by atoms with van der Waals surface area (Å²) in [6, 6.07) is 4.18. The number of pyridine rings is 1. The topological polar surface area (TPSA) is 117 Å². The molecule has 0 aromatic carbocycles. The number of Topliss-reactive ketones (excluding diaryl/α,β-unsaturated/α-hetero) is 1. The highest BCUT2D eigenvalue weighted by atomic mass is 16.5. The maximum Gasteiger partial charge on any atom is 0.242 e. The largest absolute Gasteiger partial charge is 0.618 e. The molecule has 0 radical (unpaired) electrons. The normalized spacial score (nSPS) is 17.4. The summed E-state index contributed by atoms with van der Waals surface area (Å²) < 4.78 is 0.647. The van der Waals surface area contributed by atoms with E-state index in [1.54, 1.807) is 18.2 Å². The number of hydrogen-bond acceptors (Lipinski definition) is 6. The van der Waals surface area contributed by atoms with Crippen molar-refractivity contribution >= 4 is 18.1 Å². The maximum atomic E-state index is 13.0. The van der Waals surface area contributed by atoms with Crippen LogP contribution < -0.4 is 10.2 Å². The van der Waals surface area contributed by atoms with Crippen molar-refractivity contribution in [1.29, 1.82) is 0 Å². The molecule has 2 rings (SSSR count). The molecule has 1 aliphatic rings. The van der Waals surface area contributed by atoms with Crippen LogP contribution in [0, 0.1) is 11.1 Å². The minimum Gasteiger partial charge on any atom is -0.618 e. The van der Waals surface area contributed by atoms with Gasteiger partial charge in [0.25, 0.3) is 0 Å². The minimum absolute atomic E-state index is 0.0680. The summed E-state index contributed by atoms with van der Waals surface area (Å²) in [5, 5.41) is 23.1. The Balaban J connectivity index is 2.08. The zero-order valence-electron chi connectivity index (χ0n) is 16.1. The predicted molar refractivity (Wildman–Crippen MR) is 99.6 cm³/mol. The third kappa shape index (κ3) is 5.74. The van der Waals surface area contributed by atoms with Crippen molar-refractivity contribution in [1.82, 2.24) is 15.5 Å². The third-order valence-electron chi connectivity index (χ3n) is 4.91. The van der Waals surface area contributed by atoms with E-state index in [2.05, 4.69) is 5.43 Å². The molecule has 1 fully saturated rings. The Morgan fingerprint density at radius 2 is 2.25 bits per heavy atom. The van der Waals surface area contributed by atoms with Crippen LogP contribution in [0.4, 0.5) is 0 Å². The van der Waals surface area contributed by atoms with Gasteiger partial charge in [0.15, 0.2) is 17.7 Å². The van der Waals surface area contributed by atoms with Gasteiger partial charge in [0.1, 0.15) is 6.04 Å². The van der Waals surface area contributed by atoms with E-state index in [1.165, 1.54) is 11.2 Å². The standard InChI is InChI=1S/C19H28N4O5/c1-2-3-4-7-15(13-21(27)14-24)19(26)23-17(9-10-20-23)18(25)12-16-8-5-6-11-22(16)28/h5-6,8,11,14-15,17,20,27H,2-4,7,9-10,12-13H2,1H3/t15-,17+/m1/s1. The Morgan fingerprint density at radius 1 is 1.46 bits per heavy atom. The SMILES string of the molecule is CCCCC[C@H](CN(O)C=O)C(=O)N1NCC[C@H]1C(=O)Cc1cccc[n+]1[O-]. The molecule has 2 atom stereocenters. The van der Waals surface area contributed by atoms with Crippen LogP contribution in [0.1, 0.15) is 44.7 Å². The van der Waals surface area contributed by atoms with Gasteiger partial charge in [-0.2, -0.15) is 4.73 Å². The van der Waals surface area contributed by atoms with Gasteiger partial charge in [0, 0.05) is 18.7 Å². The summed E-state index contributed by atoms with van der Waals surface area (Å²) in [6.07, 6.45) is 5.19. The lowest BCUT2D eigenvalue weighted by Crippen LogP contribution is -2.51. The van der Waals surface area contributed by atoms with Crippen LogP contribution in [0.25, 0.3) is 0 Å². The summed E-state index contributed by atoms with van der Waals surface area (Å²) in [5.74, 6) is -1.16. The van der Waals surface area contributed by atoms with E-state index >= 15 is 0 Å². The van der Waals surface area contributed by atoms with E-state index in [9.17, 15) is 24.8 Å². The molecule has 1 aromatic rings. The first-order chi connectivity index (χ1) is 13.5. The molecule has 0 saturated carbocycles. The van der Waals surface area contributed by atoms with Gasteiger partial charge in [-0.15, -0.1) is 0 Å². The average Bonchev–Trinajstić information content (AvgIpc) is 3.18. The van der Waals surface area contributed by atoms with Crippen LogP contribution in [-0.2, 0) is 20.8 Å².